The molecule has 1 aliphatic carbocycles. The Labute approximate surface area is 189 Å². The van der Waals surface area contributed by atoms with Crippen molar-refractivity contribution >= 4 is 11.6 Å². The Hall–Kier alpha value is -1.73. The first-order valence-corrected chi connectivity index (χ1v) is 12.3. The van der Waals surface area contributed by atoms with Gasteiger partial charge < -0.3 is 14.5 Å². The molecule has 3 heterocycles. The molecule has 3 aliphatic heterocycles. The molecule has 4 aliphatic rings. The van der Waals surface area contributed by atoms with E-state index >= 15 is 0 Å². The third-order valence-electron chi connectivity index (χ3n) is 7.94. The number of ether oxygens (including phenoxy) is 1. The zero-order valence-corrected chi connectivity index (χ0v) is 19.0. The number of likely N-dealkylation sites (tertiary alicyclic amines) is 2. The van der Waals surface area contributed by atoms with Crippen molar-refractivity contribution < 1.29 is 18.3 Å². The minimum absolute atomic E-state index is 0.0517. The molecule has 1 saturated carbocycles. The third-order valence-corrected chi connectivity index (χ3v) is 7.94. The summed E-state index contributed by atoms with van der Waals surface area (Å²) in [5.41, 5.74) is 0.879. The molecule has 5 rings (SSSR count). The van der Waals surface area contributed by atoms with Gasteiger partial charge in [-0.15, -0.1) is 0 Å². The number of nitrogens with zero attached hydrogens (tertiary/aromatic N) is 3. The second-order valence-corrected chi connectivity index (χ2v) is 10.2. The number of carbonyl (C=O) groups is 1. The van der Waals surface area contributed by atoms with E-state index in [-0.39, 0.29) is 30.9 Å². The van der Waals surface area contributed by atoms with Gasteiger partial charge in [-0.1, -0.05) is 0 Å². The maximum absolute atomic E-state index is 13.5. The van der Waals surface area contributed by atoms with Gasteiger partial charge in [0.15, 0.2) is 0 Å². The van der Waals surface area contributed by atoms with Crippen molar-refractivity contribution in [2.24, 2.45) is 0 Å². The van der Waals surface area contributed by atoms with Crippen LogP contribution >= 0.6 is 0 Å². The summed E-state index contributed by atoms with van der Waals surface area (Å²) >= 11 is 0. The molecule has 0 N–H and O–H groups in total. The monoisotopic (exact) mass is 447 g/mol. The highest BCUT2D eigenvalue weighted by atomic mass is 19.3. The van der Waals surface area contributed by atoms with Gasteiger partial charge in [0, 0.05) is 69.5 Å². The maximum atomic E-state index is 13.5. The molecule has 1 aromatic rings. The molecular formula is C25H35F2N3O2. The average Bonchev–Trinajstić information content (AvgIpc) is 3.32. The van der Waals surface area contributed by atoms with Crippen LogP contribution in [0.5, 0.6) is 5.75 Å². The quantitative estimate of drug-likeness (QED) is 0.651. The van der Waals surface area contributed by atoms with Gasteiger partial charge in [-0.25, -0.2) is 8.78 Å². The Morgan fingerprint density at radius 1 is 1.06 bits per heavy atom. The minimum Gasteiger partial charge on any atom is -0.490 e. The topological polar surface area (TPSA) is 36.0 Å². The number of anilines is 1. The number of amides is 1. The Balaban J connectivity index is 1.15. The molecule has 0 unspecified atom stereocenters. The van der Waals surface area contributed by atoms with E-state index in [1.165, 1.54) is 19.4 Å². The number of hydrogen-bond acceptors (Lipinski definition) is 4. The normalized spacial score (nSPS) is 33.5. The van der Waals surface area contributed by atoms with Gasteiger partial charge >= 0.3 is 0 Å². The summed E-state index contributed by atoms with van der Waals surface area (Å²) in [6.45, 7) is 5.01. The Morgan fingerprint density at radius 3 is 2.44 bits per heavy atom. The Morgan fingerprint density at radius 2 is 1.78 bits per heavy atom. The van der Waals surface area contributed by atoms with E-state index in [0.717, 1.165) is 30.7 Å². The van der Waals surface area contributed by atoms with E-state index in [1.54, 1.807) is 0 Å². The standard InChI is InChI=1S/C25H35F2N3O2/c1-18-3-2-12-29(18)21-15-23(16-21)32-22-7-4-19(5-8-22)30-20(6-9-24(30)31)17-28-13-10-25(26,27)11-14-28/h4-5,7-8,18,20-21,23H,2-3,6,9-17H2,1H3/t18-,20+,21?,23?/m1/s1. The van der Waals surface area contributed by atoms with Crippen LogP contribution in [0, 0.1) is 0 Å². The van der Waals surface area contributed by atoms with Gasteiger partial charge in [-0.2, -0.15) is 0 Å². The number of carbonyl (C=O) groups excluding carboxylic acids is 1. The molecule has 4 fully saturated rings. The molecule has 5 nitrogen and oxygen atoms in total. The summed E-state index contributed by atoms with van der Waals surface area (Å²) in [6.07, 6.45) is 6.21. The molecule has 7 heteroatoms. The molecule has 0 radical (unpaired) electrons. The van der Waals surface area contributed by atoms with E-state index in [1.807, 2.05) is 29.2 Å². The van der Waals surface area contributed by atoms with Gasteiger partial charge in [0.2, 0.25) is 5.91 Å². The van der Waals surface area contributed by atoms with Crippen LogP contribution in [0.25, 0.3) is 0 Å². The predicted octanol–water partition coefficient (Wildman–Crippen LogP) is 4.31. The molecule has 32 heavy (non-hydrogen) atoms. The van der Waals surface area contributed by atoms with Crippen LogP contribution in [-0.4, -0.2) is 72.0 Å². The number of alkyl halides is 2. The van der Waals surface area contributed by atoms with Gasteiger partial charge in [-0.3, -0.25) is 9.69 Å². The first-order chi connectivity index (χ1) is 15.4. The minimum atomic E-state index is -2.54. The van der Waals surface area contributed by atoms with Crippen LogP contribution in [0.3, 0.4) is 0 Å². The van der Waals surface area contributed by atoms with Crippen molar-refractivity contribution in [3.63, 3.8) is 0 Å². The third kappa shape index (κ3) is 4.65. The van der Waals surface area contributed by atoms with Crippen molar-refractivity contribution in [3.8, 4) is 5.75 Å². The van der Waals surface area contributed by atoms with Gasteiger partial charge in [-0.05, 0) is 57.0 Å². The second-order valence-electron chi connectivity index (χ2n) is 10.2. The summed E-state index contributed by atoms with van der Waals surface area (Å²) in [5.74, 6) is -1.56. The number of benzene rings is 1. The molecule has 0 aromatic heterocycles. The first kappa shape index (κ1) is 22.1. The SMILES string of the molecule is C[C@@H]1CCCN1C1CC(Oc2ccc(N3C(=O)CC[C@H]3CN3CCC(F)(F)CC3)cc2)C1. The molecule has 0 spiro atoms. The van der Waals surface area contributed by atoms with E-state index in [0.29, 0.717) is 38.1 Å². The largest absolute Gasteiger partial charge is 0.490 e. The molecular weight excluding hydrogens is 412 g/mol. The van der Waals surface area contributed by atoms with Gasteiger partial charge in [0.25, 0.3) is 5.92 Å². The van der Waals surface area contributed by atoms with Crippen molar-refractivity contribution in [2.75, 3.05) is 31.1 Å². The number of hydrogen-bond donors (Lipinski definition) is 0. The smallest absolute Gasteiger partial charge is 0.250 e. The number of rotatable bonds is 6. The van der Waals surface area contributed by atoms with Gasteiger partial charge in [0.1, 0.15) is 11.9 Å². The van der Waals surface area contributed by atoms with Crippen LogP contribution in [-0.2, 0) is 4.79 Å². The number of piperidine rings is 1. The Kier molecular flexibility index (Phi) is 6.14. The molecule has 1 amide bonds. The van der Waals surface area contributed by atoms with E-state index in [9.17, 15) is 13.6 Å². The fourth-order valence-electron chi connectivity index (χ4n) is 5.91. The summed E-state index contributed by atoms with van der Waals surface area (Å²) in [6, 6.07) is 9.28. The van der Waals surface area contributed by atoms with E-state index < -0.39 is 5.92 Å². The highest BCUT2D eigenvalue weighted by molar-refractivity contribution is 5.96. The van der Waals surface area contributed by atoms with Crippen LogP contribution in [0.4, 0.5) is 14.5 Å². The second kappa shape index (κ2) is 8.90. The highest BCUT2D eigenvalue weighted by Crippen LogP contribution is 2.35. The van der Waals surface area contributed by atoms with E-state index in [4.69, 9.17) is 4.74 Å². The van der Waals surface area contributed by atoms with Crippen molar-refractivity contribution in [2.45, 2.75) is 88.4 Å². The summed E-state index contributed by atoms with van der Waals surface area (Å²) < 4.78 is 33.1. The molecule has 1 aromatic carbocycles. The predicted molar refractivity (Wildman–Crippen MR) is 120 cm³/mol. The van der Waals surface area contributed by atoms with Crippen molar-refractivity contribution in [3.05, 3.63) is 24.3 Å². The number of halogens is 2. The lowest BCUT2D eigenvalue weighted by Crippen LogP contribution is -2.50. The molecule has 176 valence electrons. The molecule has 2 atom stereocenters. The zero-order chi connectivity index (χ0) is 22.3. The lowest BCUT2D eigenvalue weighted by atomic mass is 9.87. The van der Waals surface area contributed by atoms with Gasteiger partial charge in [0.05, 0.1) is 6.04 Å². The lowest BCUT2D eigenvalue weighted by molar-refractivity contribution is -0.117. The van der Waals surface area contributed by atoms with Crippen molar-refractivity contribution in [1.82, 2.24) is 9.80 Å². The molecule has 0 bridgehead atoms. The van der Waals surface area contributed by atoms with E-state index in [2.05, 4.69) is 16.7 Å². The van der Waals surface area contributed by atoms with Crippen LogP contribution in [0.1, 0.15) is 58.3 Å². The fraction of sp³-hybridized carbons (Fsp3) is 0.720. The summed E-state index contributed by atoms with van der Waals surface area (Å²) in [7, 11) is 0. The average molecular weight is 448 g/mol. The fourth-order valence-corrected chi connectivity index (χ4v) is 5.91. The van der Waals surface area contributed by atoms with Crippen LogP contribution in [0.2, 0.25) is 0 Å². The summed E-state index contributed by atoms with van der Waals surface area (Å²) in [4.78, 5) is 19.2. The Bertz CT molecular complexity index is 802. The lowest BCUT2D eigenvalue weighted by Gasteiger charge is -2.42. The van der Waals surface area contributed by atoms with Crippen LogP contribution < -0.4 is 9.64 Å². The highest BCUT2D eigenvalue weighted by Gasteiger charge is 2.39. The van der Waals surface area contributed by atoms with Crippen molar-refractivity contribution in [1.29, 1.82) is 0 Å². The maximum Gasteiger partial charge on any atom is 0.250 e. The van der Waals surface area contributed by atoms with Crippen LogP contribution in [0.15, 0.2) is 24.3 Å². The first-order valence-electron chi connectivity index (χ1n) is 12.3. The summed E-state index contributed by atoms with van der Waals surface area (Å²) in [5, 5.41) is 0. The molecule has 3 saturated heterocycles. The zero-order valence-electron chi connectivity index (χ0n) is 19.0.